The van der Waals surface area contributed by atoms with E-state index < -0.39 is 94.1 Å². The van der Waals surface area contributed by atoms with Crippen LogP contribution in [0.25, 0.3) is 44.8 Å². The van der Waals surface area contributed by atoms with Crippen LogP contribution in [0, 0.1) is 34.1 Å². The van der Waals surface area contributed by atoms with Gasteiger partial charge in [0.05, 0.1) is 68.8 Å². The van der Waals surface area contributed by atoms with Crippen LogP contribution in [0.1, 0.15) is 22.3 Å². The van der Waals surface area contributed by atoms with Gasteiger partial charge in [-0.2, -0.15) is 26.3 Å². The molecule has 0 saturated carbocycles. The predicted octanol–water partition coefficient (Wildman–Crippen LogP) is 11.2. The first-order valence-corrected chi connectivity index (χ1v) is 24.4. The first-order chi connectivity index (χ1) is 37.9. The molecule has 0 aliphatic rings. The number of nitro groups is 2. The Morgan fingerprint density at radius 3 is 1.40 bits per heavy atom. The number of esters is 2. The van der Waals surface area contributed by atoms with Gasteiger partial charge in [0.15, 0.2) is 6.10 Å². The number of nitrogens with zero attached hydrogens (tertiary/aromatic N) is 6. The van der Waals surface area contributed by atoms with Gasteiger partial charge in [0.2, 0.25) is 0 Å². The summed E-state index contributed by atoms with van der Waals surface area (Å²) in [6.45, 7) is 1.10. The molecule has 0 saturated heterocycles. The number of alkyl halides is 6. The molecular weight excluding hydrogens is 1110 g/mol. The van der Waals surface area contributed by atoms with E-state index in [4.69, 9.17) is 42.1 Å². The number of aliphatic hydroxyl groups excluding tert-OH is 2. The van der Waals surface area contributed by atoms with Crippen molar-refractivity contribution in [3.63, 3.8) is 0 Å². The summed E-state index contributed by atoms with van der Waals surface area (Å²) in [5.74, 6) is -3.97. The highest BCUT2D eigenvalue weighted by molar-refractivity contribution is 6.33. The fourth-order valence-electron chi connectivity index (χ4n) is 8.99. The SMILES string of the molecule is CO[C@@](C(=O)OCC(Cn1c(-c2cccc(Cl)c2[N+](=O)[O-])nc2c(C)cccc21)OC(=O)[C@](OC)(c1ccccc1)C(F)(F)F)(c1ccccc1)C(F)(F)F.Cc1cccc2c1nc(-c1cccc(Cl)c1[N+](=O)[O-])n2CC(O)CO. The Balaban J connectivity index is 0.000000306. The molecule has 4 atom stereocenters. The van der Waals surface area contributed by atoms with Gasteiger partial charge in [0, 0.05) is 25.3 Å². The monoisotopic (exact) mass is 1150 g/mol. The molecule has 0 spiro atoms. The molecule has 2 heterocycles. The Morgan fingerprint density at radius 2 is 1.01 bits per heavy atom. The number of nitro benzene ring substituents is 2. The standard InChI is InChI=1S/C37H30ClF6N3O8.C17H16ClN3O4/c1-22-12-10-19-28-29(22)45-31(26-17-11-18-27(38)30(26)47(50)51)46(28)20-25(55-33(49)35(53-3,37(42,43)44)24-15-8-5-9-16-24)21-54-32(48)34(52-2,36(39,40)41)23-13-6-4-7-14-23;1-10-4-2-7-14-15(10)19-17(20(14)8-11(23)9-22)12-5-3-6-13(18)16(12)21(24)25/h4-19,25H,20-21H2,1-3H3;2-7,11,22-23H,8-9H2,1H3/t25?,34-,35-;/m1./s1. The summed E-state index contributed by atoms with van der Waals surface area (Å²) in [7, 11) is 1.22. The lowest BCUT2D eigenvalue weighted by Crippen LogP contribution is -2.54. The third-order valence-corrected chi connectivity index (χ3v) is 13.4. The highest BCUT2D eigenvalue weighted by Gasteiger charge is 2.66. The average Bonchev–Trinajstić information content (AvgIpc) is 3.97. The Bertz CT molecular complexity index is 3590. The van der Waals surface area contributed by atoms with Crippen LogP contribution in [0.15, 0.2) is 133 Å². The Morgan fingerprint density at radius 1 is 0.613 bits per heavy atom. The number of benzene rings is 6. The van der Waals surface area contributed by atoms with Gasteiger partial charge in [-0.25, -0.2) is 19.6 Å². The normalized spacial score (nSPS) is 14.1. The molecule has 0 aliphatic carbocycles. The number of imidazole rings is 2. The predicted molar refractivity (Wildman–Crippen MR) is 279 cm³/mol. The van der Waals surface area contributed by atoms with Crippen LogP contribution in [-0.2, 0) is 52.8 Å². The number of aromatic nitrogens is 4. The third-order valence-electron chi connectivity index (χ3n) is 12.8. The van der Waals surface area contributed by atoms with Gasteiger partial charge in [0.1, 0.15) is 28.3 Å². The molecule has 0 aliphatic heterocycles. The number of para-hydroxylation sites is 4. The van der Waals surface area contributed by atoms with Crippen molar-refractivity contribution in [3.05, 3.63) is 186 Å². The molecule has 0 amide bonds. The van der Waals surface area contributed by atoms with Crippen LogP contribution in [0.2, 0.25) is 10.0 Å². The second kappa shape index (κ2) is 24.2. The smallest absolute Gasteiger partial charge is 0.432 e. The summed E-state index contributed by atoms with van der Waals surface area (Å²) in [5.41, 5.74) is -6.33. The number of halogens is 8. The van der Waals surface area contributed by atoms with E-state index in [-0.39, 0.29) is 50.3 Å². The lowest BCUT2D eigenvalue weighted by atomic mass is 9.92. The fourth-order valence-corrected chi connectivity index (χ4v) is 9.48. The minimum Gasteiger partial charge on any atom is -0.459 e. The van der Waals surface area contributed by atoms with Crippen LogP contribution in [0.4, 0.5) is 37.7 Å². The van der Waals surface area contributed by atoms with Crippen molar-refractivity contribution in [2.24, 2.45) is 0 Å². The second-order valence-corrected chi connectivity index (χ2v) is 18.5. The van der Waals surface area contributed by atoms with E-state index in [2.05, 4.69) is 9.97 Å². The molecule has 18 nitrogen and oxygen atoms in total. The van der Waals surface area contributed by atoms with E-state index in [9.17, 15) is 66.4 Å². The van der Waals surface area contributed by atoms with E-state index in [0.29, 0.717) is 31.1 Å². The zero-order valence-electron chi connectivity index (χ0n) is 42.4. The molecule has 8 aromatic rings. The highest BCUT2D eigenvalue weighted by Crippen LogP contribution is 2.46. The number of aryl methyl sites for hydroxylation is 2. The van der Waals surface area contributed by atoms with Gasteiger partial charge in [0.25, 0.3) is 22.6 Å². The summed E-state index contributed by atoms with van der Waals surface area (Å²) in [4.78, 5) is 58.9. The van der Waals surface area contributed by atoms with Gasteiger partial charge in [-0.3, -0.25) is 20.2 Å². The van der Waals surface area contributed by atoms with E-state index >= 15 is 0 Å². The maximum atomic E-state index is 14.9. The zero-order valence-corrected chi connectivity index (χ0v) is 43.9. The molecule has 6 aromatic carbocycles. The number of ether oxygens (including phenoxy) is 4. The van der Waals surface area contributed by atoms with Crippen molar-refractivity contribution in [2.75, 3.05) is 27.4 Å². The molecule has 420 valence electrons. The molecular formula is C54H46Cl2F6N6O12. The molecule has 80 heavy (non-hydrogen) atoms. The Hall–Kier alpha value is -8.00. The minimum absolute atomic E-state index is 0.0144. The van der Waals surface area contributed by atoms with Crippen LogP contribution in [0.5, 0.6) is 0 Å². The largest absolute Gasteiger partial charge is 0.459 e. The topological polar surface area (TPSA) is 233 Å². The molecule has 0 radical (unpaired) electrons. The minimum atomic E-state index is -5.47. The van der Waals surface area contributed by atoms with Crippen molar-refractivity contribution < 1.29 is 74.9 Å². The van der Waals surface area contributed by atoms with Crippen molar-refractivity contribution in [1.29, 1.82) is 0 Å². The average molecular weight is 1160 g/mol. The van der Waals surface area contributed by atoms with Crippen molar-refractivity contribution in [1.82, 2.24) is 19.1 Å². The van der Waals surface area contributed by atoms with Gasteiger partial charge in [-0.15, -0.1) is 0 Å². The number of methoxy groups -OCH3 is 2. The molecule has 0 fully saturated rings. The maximum absolute atomic E-state index is 14.9. The first-order valence-electron chi connectivity index (χ1n) is 23.7. The molecule has 0 bridgehead atoms. The molecule has 8 rings (SSSR count). The van der Waals surface area contributed by atoms with E-state index in [1.54, 1.807) is 35.8 Å². The van der Waals surface area contributed by atoms with Crippen molar-refractivity contribution >= 4 is 68.6 Å². The molecule has 2 unspecified atom stereocenters. The van der Waals surface area contributed by atoms with Gasteiger partial charge >= 0.3 is 24.3 Å². The van der Waals surface area contributed by atoms with Crippen molar-refractivity contribution in [3.8, 4) is 22.8 Å². The third kappa shape index (κ3) is 11.4. The number of rotatable bonds is 18. The Labute approximate surface area is 459 Å². The maximum Gasteiger partial charge on any atom is 0.432 e. The summed E-state index contributed by atoms with van der Waals surface area (Å²) < 4.78 is 112. The number of hydrogen-bond donors (Lipinski definition) is 2. The fraction of sp³-hybridized carbons (Fsp3) is 0.259. The zero-order chi connectivity index (χ0) is 58.5. The Kier molecular flexibility index (Phi) is 18.0. The number of hydrogen-bond acceptors (Lipinski definition) is 14. The first kappa shape index (κ1) is 59.7. The molecule has 2 aromatic heterocycles. The summed E-state index contributed by atoms with van der Waals surface area (Å²) in [6.07, 6.45) is -14.0. The lowest BCUT2D eigenvalue weighted by Gasteiger charge is -2.35. The van der Waals surface area contributed by atoms with Crippen LogP contribution in [0.3, 0.4) is 0 Å². The molecule has 2 N–H and O–H groups in total. The van der Waals surface area contributed by atoms with Gasteiger partial charge in [-0.05, 0) is 61.4 Å². The van der Waals surface area contributed by atoms with Crippen LogP contribution in [-0.4, -0.2) is 103 Å². The number of carbonyl (C=O) groups is 2. The number of aliphatic hydroxyl groups is 2. The second-order valence-electron chi connectivity index (χ2n) is 17.7. The number of carbonyl (C=O) groups excluding carboxylic acids is 2. The van der Waals surface area contributed by atoms with Crippen molar-refractivity contribution in [2.45, 2.75) is 62.7 Å². The van der Waals surface area contributed by atoms with Crippen LogP contribution >= 0.6 is 23.2 Å². The van der Waals surface area contributed by atoms with E-state index in [0.717, 1.165) is 35.3 Å². The van der Waals surface area contributed by atoms with E-state index in [1.165, 1.54) is 71.3 Å². The highest BCUT2D eigenvalue weighted by atomic mass is 35.5. The van der Waals surface area contributed by atoms with Gasteiger partial charge in [-0.1, -0.05) is 120 Å². The quantitative estimate of drug-likeness (QED) is 0.0352. The summed E-state index contributed by atoms with van der Waals surface area (Å²) >= 11 is 12.2. The summed E-state index contributed by atoms with van der Waals surface area (Å²) in [5, 5.41) is 42.5. The van der Waals surface area contributed by atoms with E-state index in [1.807, 2.05) is 25.1 Å². The number of fused-ring (bicyclic) bond motifs is 2. The van der Waals surface area contributed by atoms with Gasteiger partial charge < -0.3 is 38.3 Å². The van der Waals surface area contributed by atoms with Crippen LogP contribution < -0.4 is 0 Å². The summed E-state index contributed by atoms with van der Waals surface area (Å²) in [6, 6.07) is 30.2. The molecule has 26 heteroatoms. The lowest BCUT2D eigenvalue weighted by molar-refractivity contribution is -0.384.